The third-order valence-electron chi connectivity index (χ3n) is 1.62. The van der Waals surface area contributed by atoms with Crippen LogP contribution >= 0.6 is 0 Å². The monoisotopic (exact) mass is 191 g/mol. The Morgan fingerprint density at radius 1 is 1.50 bits per heavy atom. The van der Waals surface area contributed by atoms with Crippen LogP contribution in [-0.2, 0) is 4.74 Å². The SMILES string of the molecule is C=CC(=O)c1ccc(C(=O)OC)cn1. The molecular weight excluding hydrogens is 182 g/mol. The Balaban J connectivity index is 2.94. The molecule has 0 aliphatic heterocycles. The van der Waals surface area contributed by atoms with Crippen molar-refractivity contribution in [3.8, 4) is 0 Å². The Kier molecular flexibility index (Phi) is 3.12. The van der Waals surface area contributed by atoms with E-state index in [9.17, 15) is 9.59 Å². The fourth-order valence-electron chi connectivity index (χ4n) is 0.883. The van der Waals surface area contributed by atoms with Crippen LogP contribution in [0.5, 0.6) is 0 Å². The average molecular weight is 191 g/mol. The van der Waals surface area contributed by atoms with Gasteiger partial charge < -0.3 is 4.74 Å². The topological polar surface area (TPSA) is 56.3 Å². The van der Waals surface area contributed by atoms with E-state index in [2.05, 4.69) is 16.3 Å². The molecule has 0 aliphatic rings. The van der Waals surface area contributed by atoms with Gasteiger partial charge in [0.1, 0.15) is 5.69 Å². The van der Waals surface area contributed by atoms with Gasteiger partial charge in [0, 0.05) is 6.20 Å². The maximum absolute atomic E-state index is 11.1. The number of hydrogen-bond acceptors (Lipinski definition) is 4. The lowest BCUT2D eigenvalue weighted by molar-refractivity contribution is 0.0600. The van der Waals surface area contributed by atoms with Crippen molar-refractivity contribution in [1.82, 2.24) is 4.98 Å². The fourth-order valence-corrected chi connectivity index (χ4v) is 0.883. The molecule has 0 bridgehead atoms. The highest BCUT2D eigenvalue weighted by atomic mass is 16.5. The maximum Gasteiger partial charge on any atom is 0.339 e. The summed E-state index contributed by atoms with van der Waals surface area (Å²) in [6.07, 6.45) is 2.46. The van der Waals surface area contributed by atoms with Crippen molar-refractivity contribution in [2.24, 2.45) is 0 Å². The minimum atomic E-state index is -0.477. The van der Waals surface area contributed by atoms with Gasteiger partial charge >= 0.3 is 5.97 Å². The van der Waals surface area contributed by atoms with E-state index in [1.165, 1.54) is 31.5 Å². The van der Waals surface area contributed by atoms with Gasteiger partial charge in [-0.2, -0.15) is 0 Å². The molecule has 0 aliphatic carbocycles. The Morgan fingerprint density at radius 3 is 2.64 bits per heavy atom. The third kappa shape index (κ3) is 2.04. The first kappa shape index (κ1) is 10.1. The Hall–Kier alpha value is -1.97. The van der Waals surface area contributed by atoms with Crippen LogP contribution < -0.4 is 0 Å². The molecule has 1 aromatic heterocycles. The van der Waals surface area contributed by atoms with Gasteiger partial charge in [0.15, 0.2) is 0 Å². The molecule has 0 spiro atoms. The van der Waals surface area contributed by atoms with Gasteiger partial charge in [0.25, 0.3) is 0 Å². The largest absolute Gasteiger partial charge is 0.465 e. The first-order chi connectivity index (χ1) is 6.69. The highest BCUT2D eigenvalue weighted by Gasteiger charge is 2.07. The van der Waals surface area contributed by atoms with Crippen LogP contribution in [0.1, 0.15) is 20.8 Å². The van der Waals surface area contributed by atoms with Crippen molar-refractivity contribution in [3.05, 3.63) is 42.2 Å². The highest BCUT2D eigenvalue weighted by Crippen LogP contribution is 2.02. The number of nitrogens with zero attached hydrogens (tertiary/aromatic N) is 1. The molecule has 1 heterocycles. The Bertz CT molecular complexity index is 367. The smallest absolute Gasteiger partial charge is 0.339 e. The van der Waals surface area contributed by atoms with E-state index in [4.69, 9.17) is 0 Å². The first-order valence-corrected chi connectivity index (χ1v) is 3.90. The van der Waals surface area contributed by atoms with Gasteiger partial charge in [-0.25, -0.2) is 4.79 Å². The van der Waals surface area contributed by atoms with Crippen molar-refractivity contribution in [1.29, 1.82) is 0 Å². The minimum absolute atomic E-state index is 0.257. The number of rotatable bonds is 3. The standard InChI is InChI=1S/C10H9NO3/c1-3-9(12)8-5-4-7(6-11-8)10(13)14-2/h3-6H,1H2,2H3. The zero-order valence-corrected chi connectivity index (χ0v) is 7.69. The molecule has 0 aromatic carbocycles. The molecule has 0 fully saturated rings. The molecule has 0 N–H and O–H groups in total. The molecule has 0 radical (unpaired) electrons. The van der Waals surface area contributed by atoms with Gasteiger partial charge in [-0.15, -0.1) is 0 Å². The third-order valence-corrected chi connectivity index (χ3v) is 1.62. The van der Waals surface area contributed by atoms with Crippen LogP contribution in [0.2, 0.25) is 0 Å². The predicted octanol–water partition coefficient (Wildman–Crippen LogP) is 1.24. The van der Waals surface area contributed by atoms with Gasteiger partial charge in [-0.3, -0.25) is 9.78 Å². The molecule has 0 unspecified atom stereocenters. The van der Waals surface area contributed by atoms with Crippen molar-refractivity contribution in [2.75, 3.05) is 7.11 Å². The summed E-state index contributed by atoms with van der Waals surface area (Å²) in [4.78, 5) is 25.9. The number of pyridine rings is 1. The lowest BCUT2D eigenvalue weighted by atomic mass is 10.2. The summed E-state index contributed by atoms with van der Waals surface area (Å²) in [5.41, 5.74) is 0.570. The number of ether oxygens (including phenoxy) is 1. The minimum Gasteiger partial charge on any atom is -0.465 e. The summed E-state index contributed by atoms with van der Waals surface area (Å²) in [5.74, 6) is -0.753. The molecule has 0 amide bonds. The van der Waals surface area contributed by atoms with E-state index in [1.807, 2.05) is 0 Å². The van der Waals surface area contributed by atoms with E-state index < -0.39 is 5.97 Å². The second-order valence-corrected chi connectivity index (χ2v) is 2.49. The quantitative estimate of drug-likeness (QED) is 0.409. The van der Waals surface area contributed by atoms with Gasteiger partial charge in [-0.05, 0) is 18.2 Å². The molecule has 4 nitrogen and oxygen atoms in total. The average Bonchev–Trinajstić information content (AvgIpc) is 2.27. The number of hydrogen-bond donors (Lipinski definition) is 0. The fraction of sp³-hybridized carbons (Fsp3) is 0.100. The summed E-state index contributed by atoms with van der Waals surface area (Å²) in [6, 6.07) is 2.94. The summed E-state index contributed by atoms with van der Waals surface area (Å²) in [5, 5.41) is 0. The molecule has 1 aromatic rings. The second kappa shape index (κ2) is 4.32. The van der Waals surface area contributed by atoms with Crippen LogP contribution in [0.15, 0.2) is 31.0 Å². The maximum atomic E-state index is 11.1. The summed E-state index contributed by atoms with van der Waals surface area (Å²) in [6.45, 7) is 3.33. The van der Waals surface area contributed by atoms with Crippen LogP contribution in [0.25, 0.3) is 0 Å². The van der Waals surface area contributed by atoms with Crippen molar-refractivity contribution >= 4 is 11.8 Å². The Morgan fingerprint density at radius 2 is 2.21 bits per heavy atom. The molecule has 14 heavy (non-hydrogen) atoms. The van der Waals surface area contributed by atoms with E-state index in [0.29, 0.717) is 5.56 Å². The first-order valence-electron chi connectivity index (χ1n) is 3.90. The van der Waals surface area contributed by atoms with Crippen LogP contribution in [0.4, 0.5) is 0 Å². The van der Waals surface area contributed by atoms with E-state index in [1.54, 1.807) is 0 Å². The lowest BCUT2D eigenvalue weighted by Gasteiger charge is -1.98. The normalized spacial score (nSPS) is 9.21. The number of carbonyl (C=O) groups excluding carboxylic acids is 2. The molecule has 0 saturated carbocycles. The summed E-state index contributed by atoms with van der Waals surface area (Å²) >= 11 is 0. The molecule has 0 saturated heterocycles. The van der Waals surface area contributed by atoms with E-state index >= 15 is 0 Å². The highest BCUT2D eigenvalue weighted by molar-refractivity contribution is 6.03. The number of aromatic nitrogens is 1. The zero-order valence-electron chi connectivity index (χ0n) is 7.69. The Labute approximate surface area is 81.2 Å². The van der Waals surface area contributed by atoms with Crippen molar-refractivity contribution in [2.45, 2.75) is 0 Å². The van der Waals surface area contributed by atoms with Gasteiger partial charge in [0.2, 0.25) is 5.78 Å². The van der Waals surface area contributed by atoms with Gasteiger partial charge in [-0.1, -0.05) is 6.58 Å². The summed E-state index contributed by atoms with van der Waals surface area (Å²) in [7, 11) is 1.28. The number of allylic oxidation sites excluding steroid dienone is 1. The van der Waals surface area contributed by atoms with E-state index in [0.717, 1.165) is 0 Å². The van der Waals surface area contributed by atoms with Crippen LogP contribution in [0, 0.1) is 0 Å². The molecule has 72 valence electrons. The number of ketones is 1. The number of carbonyl (C=O) groups is 2. The van der Waals surface area contributed by atoms with Crippen molar-refractivity contribution < 1.29 is 14.3 Å². The molecule has 4 heteroatoms. The second-order valence-electron chi connectivity index (χ2n) is 2.49. The van der Waals surface area contributed by atoms with Gasteiger partial charge in [0.05, 0.1) is 12.7 Å². The molecule has 0 atom stereocenters. The van der Waals surface area contributed by atoms with Crippen LogP contribution in [-0.4, -0.2) is 23.8 Å². The summed E-state index contributed by atoms with van der Waals surface area (Å²) < 4.78 is 4.48. The van der Waals surface area contributed by atoms with Crippen LogP contribution in [0.3, 0.4) is 0 Å². The number of esters is 1. The molecular formula is C10H9NO3. The lowest BCUT2D eigenvalue weighted by Crippen LogP contribution is -2.04. The van der Waals surface area contributed by atoms with Crippen molar-refractivity contribution in [3.63, 3.8) is 0 Å². The van der Waals surface area contributed by atoms with E-state index in [-0.39, 0.29) is 11.5 Å². The zero-order chi connectivity index (χ0) is 10.6. The molecule has 1 rings (SSSR count). The number of methoxy groups -OCH3 is 1. The predicted molar refractivity (Wildman–Crippen MR) is 50.1 cm³/mol.